The zero-order valence-electron chi connectivity index (χ0n) is 22.9. The van der Waals surface area contributed by atoms with Crippen LogP contribution in [0.15, 0.2) is 30.6 Å². The van der Waals surface area contributed by atoms with Crippen LogP contribution in [0.3, 0.4) is 0 Å². The number of carbonyl (C=O) groups excluding carboxylic acids is 2. The number of amides is 2. The van der Waals surface area contributed by atoms with Crippen LogP contribution in [0.25, 0.3) is 11.2 Å². The van der Waals surface area contributed by atoms with Crippen LogP contribution >= 0.6 is 0 Å². The van der Waals surface area contributed by atoms with Crippen LogP contribution in [-0.4, -0.2) is 84.6 Å². The number of nitrogens with two attached hydrogens (primary N) is 1. The Hall–Kier alpha value is -4.25. The molecular weight excluding hydrogens is 530 g/mol. The number of imidazole rings is 1. The maximum absolute atomic E-state index is 12.6. The monoisotopic (exact) mass is 563 g/mol. The zero-order valence-corrected chi connectivity index (χ0v) is 22.9. The minimum Gasteiger partial charge on any atom is -0.410 e. The largest absolute Gasteiger partial charge is 0.415 e. The first-order valence-electron chi connectivity index (χ1n) is 13.6. The summed E-state index contributed by atoms with van der Waals surface area (Å²) in [7, 11) is 0. The molecule has 5 rings (SSSR count). The van der Waals surface area contributed by atoms with Crippen LogP contribution < -0.4 is 15.8 Å². The average molecular weight is 564 g/mol. The number of carbonyl (C=O) groups is 2. The molecule has 41 heavy (non-hydrogen) atoms. The number of benzene rings is 1. The lowest BCUT2D eigenvalue weighted by atomic mass is 9.94. The number of hydrogen-bond acceptors (Lipinski definition) is 10. The first-order valence-corrected chi connectivity index (χ1v) is 13.6. The Bertz CT molecular complexity index is 1490. The van der Waals surface area contributed by atoms with E-state index in [0.717, 1.165) is 18.4 Å². The van der Waals surface area contributed by atoms with E-state index in [1.165, 1.54) is 10.9 Å². The molecule has 13 nitrogen and oxygen atoms in total. The van der Waals surface area contributed by atoms with E-state index in [1.54, 1.807) is 17.9 Å². The van der Waals surface area contributed by atoms with Crippen LogP contribution in [-0.2, 0) is 9.53 Å². The number of aliphatic hydroxyl groups excluding tert-OH is 2. The number of aryl methyl sites for hydroxylation is 1. The Morgan fingerprint density at radius 1 is 1.20 bits per heavy atom. The number of hydrogen-bond donors (Lipinski definition) is 4. The minimum atomic E-state index is -1.43. The van der Waals surface area contributed by atoms with Crippen LogP contribution in [0.1, 0.15) is 43.8 Å². The lowest BCUT2D eigenvalue weighted by Gasteiger charge is -2.30. The summed E-state index contributed by atoms with van der Waals surface area (Å²) in [5.41, 5.74) is 7.56. The number of anilines is 1. The van der Waals surface area contributed by atoms with Crippen molar-refractivity contribution in [2.24, 2.45) is 5.92 Å². The fourth-order valence-corrected chi connectivity index (χ4v) is 4.98. The highest BCUT2D eigenvalue weighted by Gasteiger charge is 2.47. The van der Waals surface area contributed by atoms with E-state index in [4.69, 9.17) is 15.2 Å². The highest BCUT2D eigenvalue weighted by molar-refractivity contribution is 5.83. The van der Waals surface area contributed by atoms with Gasteiger partial charge in [0.15, 0.2) is 23.8 Å². The molecule has 0 radical (unpaired) electrons. The second-order valence-corrected chi connectivity index (χ2v) is 10.1. The summed E-state index contributed by atoms with van der Waals surface area (Å²) in [5.74, 6) is 6.68. The number of nitrogens with one attached hydrogen (secondary N) is 1. The molecule has 2 aliphatic heterocycles. The normalized spacial score (nSPS) is 22.8. The molecule has 0 aliphatic carbocycles. The fraction of sp³-hybridized carbons (Fsp3) is 0.464. The van der Waals surface area contributed by atoms with E-state index in [2.05, 4.69) is 32.1 Å². The Kier molecular flexibility index (Phi) is 8.34. The molecule has 1 aromatic carbocycles. The number of ether oxygens (including phenoxy) is 2. The fourth-order valence-electron chi connectivity index (χ4n) is 4.98. The Morgan fingerprint density at radius 2 is 1.95 bits per heavy atom. The Labute approximate surface area is 236 Å². The lowest BCUT2D eigenvalue weighted by molar-refractivity contribution is -0.137. The van der Waals surface area contributed by atoms with Gasteiger partial charge in [0, 0.05) is 26.1 Å². The first-order chi connectivity index (χ1) is 19.8. The molecule has 13 heteroatoms. The summed E-state index contributed by atoms with van der Waals surface area (Å²) < 4.78 is 12.7. The number of para-hydroxylation sites is 1. The molecule has 2 aliphatic rings. The summed E-state index contributed by atoms with van der Waals surface area (Å²) >= 11 is 0. The summed E-state index contributed by atoms with van der Waals surface area (Å²) in [5, 5.41) is 23.6. The van der Waals surface area contributed by atoms with Crippen molar-refractivity contribution >= 4 is 29.0 Å². The van der Waals surface area contributed by atoms with E-state index < -0.39 is 30.4 Å². The number of nitrogen functional groups attached to an aromatic ring is 1. The second-order valence-electron chi connectivity index (χ2n) is 10.1. The SMILES string of the molecule is CCNC(=O)C1OC(n2cnc3c(N)nc(C#CCC4CCN(C(=O)Oc5ccccc5C)CC4)nc32)[C@@H](O)[C@H]1O. The van der Waals surface area contributed by atoms with Crippen molar-refractivity contribution in [1.29, 1.82) is 0 Å². The first kappa shape index (κ1) is 28.3. The maximum Gasteiger partial charge on any atom is 0.415 e. The number of piperidine rings is 1. The number of rotatable bonds is 5. The van der Waals surface area contributed by atoms with Crippen molar-refractivity contribution < 1.29 is 29.3 Å². The third-order valence-corrected chi connectivity index (χ3v) is 7.32. The van der Waals surface area contributed by atoms with Gasteiger partial charge < -0.3 is 35.6 Å². The quantitative estimate of drug-likeness (QED) is 0.329. The van der Waals surface area contributed by atoms with Gasteiger partial charge in [0.05, 0.1) is 6.33 Å². The van der Waals surface area contributed by atoms with E-state index in [9.17, 15) is 19.8 Å². The number of likely N-dealkylation sites (tertiary alicyclic amines) is 1. The van der Waals surface area contributed by atoms with Crippen molar-refractivity contribution in [1.82, 2.24) is 29.7 Å². The number of nitrogens with zero attached hydrogens (tertiary/aromatic N) is 5. The lowest BCUT2D eigenvalue weighted by Crippen LogP contribution is -2.42. The summed E-state index contributed by atoms with van der Waals surface area (Å²) in [6.45, 7) is 5.16. The minimum absolute atomic E-state index is 0.104. The standard InChI is InChI=1S/C28H33N7O6/c1-3-30-26(38)23-21(36)22(37)27(41-23)35-15-31-20-24(29)32-19(33-25(20)35)10-6-8-17-11-13-34(14-12-17)28(39)40-18-9-5-4-7-16(18)2/h4-5,7,9,15,17,21-23,27,36-37H,3,8,11-14H2,1-2H3,(H,30,38)(H2,29,32,33)/t21-,22+,23?,27?/m1/s1. The van der Waals surface area contributed by atoms with Gasteiger partial charge in [-0.3, -0.25) is 9.36 Å². The third-order valence-electron chi connectivity index (χ3n) is 7.32. The Morgan fingerprint density at radius 3 is 2.68 bits per heavy atom. The molecule has 0 bridgehead atoms. The van der Waals surface area contributed by atoms with Gasteiger partial charge in [0.2, 0.25) is 5.82 Å². The summed E-state index contributed by atoms with van der Waals surface area (Å²) in [6.07, 6.45) is -2.00. The molecule has 0 spiro atoms. The van der Waals surface area contributed by atoms with E-state index in [1.807, 2.05) is 25.1 Å². The third kappa shape index (κ3) is 5.95. The molecule has 3 aromatic rings. The van der Waals surface area contributed by atoms with Gasteiger partial charge in [-0.15, -0.1) is 0 Å². The van der Waals surface area contributed by atoms with Gasteiger partial charge in [-0.2, -0.15) is 0 Å². The number of aliphatic hydroxyl groups is 2. The highest BCUT2D eigenvalue weighted by atomic mass is 16.6. The molecule has 2 fully saturated rings. The van der Waals surface area contributed by atoms with Crippen molar-refractivity contribution in [2.45, 2.75) is 57.6 Å². The van der Waals surface area contributed by atoms with Crippen molar-refractivity contribution in [3.05, 3.63) is 42.0 Å². The van der Waals surface area contributed by atoms with Crippen molar-refractivity contribution in [3.63, 3.8) is 0 Å². The van der Waals surface area contributed by atoms with Gasteiger partial charge in [-0.25, -0.2) is 19.7 Å². The van der Waals surface area contributed by atoms with Gasteiger partial charge in [-0.1, -0.05) is 24.1 Å². The van der Waals surface area contributed by atoms with Gasteiger partial charge in [0.25, 0.3) is 5.91 Å². The molecule has 2 amide bonds. The van der Waals surface area contributed by atoms with Gasteiger partial charge >= 0.3 is 6.09 Å². The molecule has 0 saturated carbocycles. The smallest absolute Gasteiger partial charge is 0.410 e. The molecule has 4 heterocycles. The predicted octanol–water partition coefficient (Wildman–Crippen LogP) is 1.12. The predicted molar refractivity (Wildman–Crippen MR) is 147 cm³/mol. The van der Waals surface area contributed by atoms with E-state index in [-0.39, 0.29) is 28.9 Å². The average Bonchev–Trinajstić information content (AvgIpc) is 3.51. The van der Waals surface area contributed by atoms with Crippen molar-refractivity contribution in [3.8, 4) is 17.6 Å². The topological polar surface area (TPSA) is 178 Å². The second kappa shape index (κ2) is 12.1. The molecular formula is C28H33N7O6. The Balaban J connectivity index is 1.22. The summed E-state index contributed by atoms with van der Waals surface area (Å²) in [4.78, 5) is 39.5. The number of fused-ring (bicyclic) bond motifs is 1. The maximum atomic E-state index is 12.6. The highest BCUT2D eigenvalue weighted by Crippen LogP contribution is 2.32. The van der Waals surface area contributed by atoms with Crippen LogP contribution in [0.5, 0.6) is 5.75 Å². The van der Waals surface area contributed by atoms with Crippen molar-refractivity contribution in [2.75, 3.05) is 25.4 Å². The van der Waals surface area contributed by atoms with Crippen LogP contribution in [0, 0.1) is 24.7 Å². The molecule has 2 aromatic heterocycles. The molecule has 5 N–H and O–H groups in total. The molecule has 2 unspecified atom stereocenters. The summed E-state index contributed by atoms with van der Waals surface area (Å²) in [6, 6.07) is 7.42. The van der Waals surface area contributed by atoms with E-state index in [0.29, 0.717) is 37.7 Å². The zero-order chi connectivity index (χ0) is 29.1. The molecule has 216 valence electrons. The number of likely N-dealkylation sites (N-methyl/N-ethyl adjacent to an activating group) is 1. The van der Waals surface area contributed by atoms with Crippen LogP contribution in [0.2, 0.25) is 0 Å². The molecule has 4 atom stereocenters. The molecule has 2 saturated heterocycles. The van der Waals surface area contributed by atoms with Gasteiger partial charge in [-0.05, 0) is 50.2 Å². The van der Waals surface area contributed by atoms with Crippen LogP contribution in [0.4, 0.5) is 10.6 Å². The van der Waals surface area contributed by atoms with Gasteiger partial charge in [0.1, 0.15) is 23.5 Å². The number of aromatic nitrogens is 4. The van der Waals surface area contributed by atoms with E-state index >= 15 is 0 Å².